The summed E-state index contributed by atoms with van der Waals surface area (Å²) < 4.78 is 0. The lowest BCUT2D eigenvalue weighted by atomic mass is 9.85. The van der Waals surface area contributed by atoms with Crippen LogP contribution in [0.1, 0.15) is 44.6 Å². The third-order valence-electron chi connectivity index (χ3n) is 2.89. The Labute approximate surface area is 98.5 Å². The van der Waals surface area contributed by atoms with Crippen molar-refractivity contribution < 1.29 is 5.11 Å². The molecule has 0 radical (unpaired) electrons. The Balaban J connectivity index is 2.76. The molecule has 1 atom stereocenters. The van der Waals surface area contributed by atoms with E-state index < -0.39 is 5.60 Å². The minimum atomic E-state index is -0.702. The first-order chi connectivity index (χ1) is 7.73. The van der Waals surface area contributed by atoms with Gasteiger partial charge in [-0.3, -0.25) is 0 Å². The summed E-state index contributed by atoms with van der Waals surface area (Å²) in [6.07, 6.45) is 9.36. The van der Waals surface area contributed by atoms with E-state index in [0.717, 1.165) is 37.7 Å². The van der Waals surface area contributed by atoms with Crippen LogP contribution in [0.3, 0.4) is 0 Å². The molecule has 16 heavy (non-hydrogen) atoms. The van der Waals surface area contributed by atoms with Crippen LogP contribution in [0, 0.1) is 12.3 Å². The van der Waals surface area contributed by atoms with Gasteiger partial charge in [0.1, 0.15) is 0 Å². The highest BCUT2D eigenvalue weighted by Gasteiger charge is 2.26. The van der Waals surface area contributed by atoms with E-state index in [1.54, 1.807) is 0 Å². The molecule has 86 valence electrons. The topological polar surface area (TPSA) is 20.2 Å². The predicted octanol–water partition coefficient (Wildman–Crippen LogP) is 3.48. The summed E-state index contributed by atoms with van der Waals surface area (Å²) in [5.74, 6) is 2.62. The second-order valence-electron chi connectivity index (χ2n) is 4.21. The van der Waals surface area contributed by atoms with Crippen molar-refractivity contribution in [3.05, 3.63) is 35.9 Å². The first kappa shape index (κ1) is 12.8. The molecule has 0 aliphatic heterocycles. The standard InChI is InChI=1S/C15H20O/c1-3-5-9-13-15(16,12-4-2)14-10-7-6-8-11-14/h1,6-8,10-11,16H,4-5,9,12-13H2,2H3. The Bertz CT molecular complexity index is 336. The highest BCUT2D eigenvalue weighted by molar-refractivity contribution is 5.22. The molecule has 1 aromatic carbocycles. The Morgan fingerprint density at radius 3 is 2.50 bits per heavy atom. The second kappa shape index (κ2) is 6.35. The van der Waals surface area contributed by atoms with Gasteiger partial charge in [0, 0.05) is 6.42 Å². The van der Waals surface area contributed by atoms with E-state index in [0.29, 0.717) is 0 Å². The largest absolute Gasteiger partial charge is 0.385 e. The molecule has 0 aliphatic carbocycles. The summed E-state index contributed by atoms with van der Waals surface area (Å²) in [4.78, 5) is 0. The fraction of sp³-hybridized carbons (Fsp3) is 0.467. The van der Waals surface area contributed by atoms with Crippen molar-refractivity contribution in [1.29, 1.82) is 0 Å². The van der Waals surface area contributed by atoms with Gasteiger partial charge in [-0.2, -0.15) is 0 Å². The molecule has 0 fully saturated rings. The highest BCUT2D eigenvalue weighted by Crippen LogP contribution is 2.31. The molecular formula is C15H20O. The van der Waals surface area contributed by atoms with E-state index in [4.69, 9.17) is 6.42 Å². The van der Waals surface area contributed by atoms with E-state index >= 15 is 0 Å². The van der Waals surface area contributed by atoms with Crippen molar-refractivity contribution in [3.8, 4) is 12.3 Å². The van der Waals surface area contributed by atoms with Crippen LogP contribution in [0.5, 0.6) is 0 Å². The van der Waals surface area contributed by atoms with Gasteiger partial charge in [-0.15, -0.1) is 12.3 Å². The minimum absolute atomic E-state index is 0.702. The molecule has 1 unspecified atom stereocenters. The van der Waals surface area contributed by atoms with Gasteiger partial charge in [0.05, 0.1) is 5.60 Å². The van der Waals surface area contributed by atoms with E-state index in [2.05, 4.69) is 12.8 Å². The third kappa shape index (κ3) is 3.40. The minimum Gasteiger partial charge on any atom is -0.385 e. The zero-order valence-corrected chi connectivity index (χ0v) is 9.95. The lowest BCUT2D eigenvalue weighted by Crippen LogP contribution is -2.25. The maximum Gasteiger partial charge on any atom is 0.0896 e. The summed E-state index contributed by atoms with van der Waals surface area (Å²) in [5, 5.41) is 10.6. The average Bonchev–Trinajstić information content (AvgIpc) is 2.31. The second-order valence-corrected chi connectivity index (χ2v) is 4.21. The average molecular weight is 216 g/mol. The SMILES string of the molecule is C#CCCCC(O)(CCC)c1ccccc1. The molecule has 1 rings (SSSR count). The van der Waals surface area contributed by atoms with Gasteiger partial charge in [-0.05, 0) is 24.8 Å². The van der Waals surface area contributed by atoms with Crippen molar-refractivity contribution in [2.75, 3.05) is 0 Å². The van der Waals surface area contributed by atoms with Crippen LogP contribution in [0.2, 0.25) is 0 Å². The maximum atomic E-state index is 10.6. The van der Waals surface area contributed by atoms with Crippen LogP contribution in [0.4, 0.5) is 0 Å². The number of aliphatic hydroxyl groups is 1. The highest BCUT2D eigenvalue weighted by atomic mass is 16.3. The van der Waals surface area contributed by atoms with E-state index in [1.807, 2.05) is 30.3 Å². The van der Waals surface area contributed by atoms with Crippen molar-refractivity contribution in [3.63, 3.8) is 0 Å². The molecule has 0 bridgehead atoms. The van der Waals surface area contributed by atoms with Crippen LogP contribution < -0.4 is 0 Å². The van der Waals surface area contributed by atoms with Crippen molar-refractivity contribution in [2.24, 2.45) is 0 Å². The molecule has 1 nitrogen and oxygen atoms in total. The smallest absolute Gasteiger partial charge is 0.0896 e. The normalized spacial score (nSPS) is 14.1. The maximum absolute atomic E-state index is 10.6. The molecule has 0 aliphatic rings. The zero-order chi connectivity index (χ0) is 11.9. The van der Waals surface area contributed by atoms with Crippen LogP contribution in [-0.4, -0.2) is 5.11 Å². The molecule has 0 aromatic heterocycles. The summed E-state index contributed by atoms with van der Waals surface area (Å²) in [6.45, 7) is 2.09. The quantitative estimate of drug-likeness (QED) is 0.570. The first-order valence-corrected chi connectivity index (χ1v) is 5.94. The van der Waals surface area contributed by atoms with Gasteiger partial charge < -0.3 is 5.11 Å². The molecular weight excluding hydrogens is 196 g/mol. The zero-order valence-electron chi connectivity index (χ0n) is 9.95. The number of unbranched alkanes of at least 4 members (excludes halogenated alkanes) is 1. The number of hydrogen-bond acceptors (Lipinski definition) is 1. The molecule has 0 amide bonds. The Morgan fingerprint density at radius 2 is 1.94 bits per heavy atom. The lowest BCUT2D eigenvalue weighted by molar-refractivity contribution is 0.0161. The van der Waals surface area contributed by atoms with E-state index in [1.165, 1.54) is 0 Å². The van der Waals surface area contributed by atoms with Crippen molar-refractivity contribution in [2.45, 2.75) is 44.6 Å². The Morgan fingerprint density at radius 1 is 1.25 bits per heavy atom. The van der Waals surface area contributed by atoms with Crippen LogP contribution in [0.15, 0.2) is 30.3 Å². The summed E-state index contributed by atoms with van der Waals surface area (Å²) in [7, 11) is 0. The monoisotopic (exact) mass is 216 g/mol. The van der Waals surface area contributed by atoms with Gasteiger partial charge in [0.15, 0.2) is 0 Å². The molecule has 1 aromatic rings. The van der Waals surface area contributed by atoms with Gasteiger partial charge in [0.2, 0.25) is 0 Å². The Kier molecular flexibility index (Phi) is 5.08. The van der Waals surface area contributed by atoms with Crippen molar-refractivity contribution >= 4 is 0 Å². The number of rotatable bonds is 6. The molecule has 1 N–H and O–H groups in total. The molecule has 0 heterocycles. The lowest BCUT2D eigenvalue weighted by Gasteiger charge is -2.28. The molecule has 1 heteroatoms. The fourth-order valence-corrected chi connectivity index (χ4v) is 2.06. The number of terminal acetylenes is 1. The molecule has 0 saturated heterocycles. The predicted molar refractivity (Wildman–Crippen MR) is 67.9 cm³/mol. The number of benzene rings is 1. The fourth-order valence-electron chi connectivity index (χ4n) is 2.06. The summed E-state index contributed by atoms with van der Waals surface area (Å²) in [5.41, 5.74) is 0.307. The van der Waals surface area contributed by atoms with Gasteiger partial charge in [0.25, 0.3) is 0 Å². The van der Waals surface area contributed by atoms with E-state index in [9.17, 15) is 5.11 Å². The van der Waals surface area contributed by atoms with Gasteiger partial charge in [-0.1, -0.05) is 43.7 Å². The van der Waals surface area contributed by atoms with Crippen molar-refractivity contribution in [1.82, 2.24) is 0 Å². The first-order valence-electron chi connectivity index (χ1n) is 5.94. The summed E-state index contributed by atoms with van der Waals surface area (Å²) in [6, 6.07) is 9.89. The van der Waals surface area contributed by atoms with Crippen LogP contribution >= 0.6 is 0 Å². The number of hydrogen-bond donors (Lipinski definition) is 1. The van der Waals surface area contributed by atoms with Gasteiger partial charge in [-0.25, -0.2) is 0 Å². The van der Waals surface area contributed by atoms with Crippen LogP contribution in [0.25, 0.3) is 0 Å². The van der Waals surface area contributed by atoms with Crippen LogP contribution in [-0.2, 0) is 5.60 Å². The Hall–Kier alpha value is -1.26. The van der Waals surface area contributed by atoms with E-state index in [-0.39, 0.29) is 0 Å². The molecule has 0 spiro atoms. The summed E-state index contributed by atoms with van der Waals surface area (Å²) >= 11 is 0. The molecule has 0 saturated carbocycles. The third-order valence-corrected chi connectivity index (χ3v) is 2.89. The van der Waals surface area contributed by atoms with Gasteiger partial charge >= 0.3 is 0 Å².